The molecule has 1 N–H and O–H groups in total. The van der Waals surface area contributed by atoms with Crippen molar-refractivity contribution in [3.8, 4) is 28.7 Å². The number of hydrazone groups is 1. The maximum absolute atomic E-state index is 12.8. The summed E-state index contributed by atoms with van der Waals surface area (Å²) >= 11 is 0. The van der Waals surface area contributed by atoms with Crippen LogP contribution in [-0.4, -0.2) is 45.4 Å². The van der Waals surface area contributed by atoms with Gasteiger partial charge in [-0.3, -0.25) is 4.79 Å². The van der Waals surface area contributed by atoms with Gasteiger partial charge in [0.15, 0.2) is 11.5 Å². The predicted octanol–water partition coefficient (Wildman–Crippen LogP) is 4.91. The van der Waals surface area contributed by atoms with Crippen LogP contribution in [0.1, 0.15) is 36.6 Å². The molecule has 0 bridgehead atoms. The molecule has 0 aromatic heterocycles. The summed E-state index contributed by atoms with van der Waals surface area (Å²) in [6.45, 7) is 0. The summed E-state index contributed by atoms with van der Waals surface area (Å²) in [4.78, 5) is 38.1. The van der Waals surface area contributed by atoms with E-state index >= 15 is 0 Å². The number of carbonyl (C=O) groups is 3. The van der Waals surface area contributed by atoms with Crippen molar-refractivity contribution < 1.29 is 38.1 Å². The molecule has 1 amide bonds. The molecule has 0 aliphatic carbocycles. The highest BCUT2D eigenvalue weighted by Gasteiger charge is 2.18. The summed E-state index contributed by atoms with van der Waals surface area (Å²) in [6, 6.07) is 24.3. The number of hydrogen-bond donors (Lipinski definition) is 1. The van der Waals surface area contributed by atoms with E-state index in [4.69, 9.17) is 23.7 Å². The van der Waals surface area contributed by atoms with Crippen molar-refractivity contribution in [3.05, 3.63) is 113 Å². The van der Waals surface area contributed by atoms with E-state index in [1.165, 1.54) is 57.9 Å². The van der Waals surface area contributed by atoms with Crippen LogP contribution in [0, 0.1) is 0 Å². The second-order valence-electron chi connectivity index (χ2n) is 8.32. The predicted molar refractivity (Wildman–Crippen MR) is 150 cm³/mol. The van der Waals surface area contributed by atoms with Gasteiger partial charge in [0.1, 0.15) is 11.5 Å². The van der Waals surface area contributed by atoms with Gasteiger partial charge in [-0.15, -0.1) is 0 Å². The summed E-state index contributed by atoms with van der Waals surface area (Å²) in [7, 11) is 4.34. The van der Waals surface area contributed by atoms with Crippen LogP contribution in [0.15, 0.2) is 96.1 Å². The van der Waals surface area contributed by atoms with Gasteiger partial charge in [-0.1, -0.05) is 36.4 Å². The number of nitrogens with zero attached hydrogens (tertiary/aromatic N) is 1. The summed E-state index contributed by atoms with van der Waals surface area (Å²) < 4.78 is 26.9. The first-order valence-electron chi connectivity index (χ1n) is 12.3. The first-order valence-corrected chi connectivity index (χ1v) is 12.3. The Morgan fingerprint density at radius 2 is 1.20 bits per heavy atom. The molecule has 10 nitrogen and oxygen atoms in total. The van der Waals surface area contributed by atoms with Crippen molar-refractivity contribution in [1.29, 1.82) is 0 Å². The first kappa shape index (κ1) is 28.4. The summed E-state index contributed by atoms with van der Waals surface area (Å²) in [6.07, 6.45) is 1.30. The number of nitrogens with one attached hydrogen (secondary N) is 1. The zero-order chi connectivity index (χ0) is 29.2. The quantitative estimate of drug-likeness (QED) is 0.127. The van der Waals surface area contributed by atoms with E-state index in [9.17, 15) is 14.4 Å². The fourth-order valence-corrected chi connectivity index (χ4v) is 3.68. The molecule has 4 aromatic rings. The monoisotopic (exact) mass is 554 g/mol. The van der Waals surface area contributed by atoms with Crippen LogP contribution < -0.4 is 29.1 Å². The fourth-order valence-electron chi connectivity index (χ4n) is 3.68. The van der Waals surface area contributed by atoms with Crippen LogP contribution in [0.2, 0.25) is 0 Å². The molecular weight excluding hydrogens is 528 g/mol. The molecular formula is C31H26N2O8. The van der Waals surface area contributed by atoms with Crippen molar-refractivity contribution >= 4 is 24.1 Å². The van der Waals surface area contributed by atoms with Crippen LogP contribution in [0.3, 0.4) is 0 Å². The number of carbonyl (C=O) groups excluding carboxylic acids is 3. The average Bonchev–Trinajstić information content (AvgIpc) is 3.01. The van der Waals surface area contributed by atoms with Gasteiger partial charge >= 0.3 is 11.9 Å². The Labute approximate surface area is 236 Å². The zero-order valence-corrected chi connectivity index (χ0v) is 22.5. The van der Waals surface area contributed by atoms with Gasteiger partial charge in [-0.2, -0.15) is 5.10 Å². The standard InChI is InChI=1S/C31H26N2O8/c1-37-26-16-23(17-27(38-2)28(26)39-3)29(34)33-32-19-22-14-15-24(40-30(35)20-10-6-4-7-11-20)18-25(22)41-31(36)21-12-8-5-9-13-21/h4-19H,1-3H3,(H,33,34). The summed E-state index contributed by atoms with van der Waals surface area (Å²) in [5.74, 6) is -0.618. The lowest BCUT2D eigenvalue weighted by Crippen LogP contribution is -2.18. The Bertz CT molecular complexity index is 1550. The number of amides is 1. The van der Waals surface area contributed by atoms with Crippen LogP contribution in [0.25, 0.3) is 0 Å². The highest BCUT2D eigenvalue weighted by atomic mass is 16.5. The number of hydrogen-bond acceptors (Lipinski definition) is 9. The molecule has 41 heavy (non-hydrogen) atoms. The van der Waals surface area contributed by atoms with Crippen LogP contribution in [0.5, 0.6) is 28.7 Å². The third-order valence-corrected chi connectivity index (χ3v) is 5.71. The molecule has 0 spiro atoms. The first-order chi connectivity index (χ1) is 19.9. The molecule has 10 heteroatoms. The number of ether oxygens (including phenoxy) is 5. The van der Waals surface area contributed by atoms with E-state index in [0.29, 0.717) is 33.9 Å². The van der Waals surface area contributed by atoms with E-state index in [0.717, 1.165) is 0 Å². The minimum Gasteiger partial charge on any atom is -0.493 e. The topological polar surface area (TPSA) is 122 Å². The van der Waals surface area contributed by atoms with Crippen LogP contribution in [-0.2, 0) is 0 Å². The summed E-state index contributed by atoms with van der Waals surface area (Å²) in [5.41, 5.74) is 3.63. The van der Waals surface area contributed by atoms with Crippen molar-refractivity contribution in [1.82, 2.24) is 5.43 Å². The number of esters is 2. The smallest absolute Gasteiger partial charge is 0.343 e. The average molecular weight is 555 g/mol. The lowest BCUT2D eigenvalue weighted by atomic mass is 10.1. The van der Waals surface area contributed by atoms with Crippen LogP contribution in [0.4, 0.5) is 0 Å². The molecule has 4 aromatic carbocycles. The lowest BCUT2D eigenvalue weighted by molar-refractivity contribution is 0.0732. The largest absolute Gasteiger partial charge is 0.493 e. The van der Waals surface area contributed by atoms with E-state index < -0.39 is 17.8 Å². The lowest BCUT2D eigenvalue weighted by Gasteiger charge is -2.13. The Morgan fingerprint density at radius 3 is 1.73 bits per heavy atom. The van der Waals surface area contributed by atoms with Crippen molar-refractivity contribution in [2.24, 2.45) is 5.10 Å². The fraction of sp³-hybridized carbons (Fsp3) is 0.0968. The van der Waals surface area contributed by atoms with Gasteiger partial charge in [0.2, 0.25) is 5.75 Å². The van der Waals surface area contributed by atoms with Gasteiger partial charge in [0.05, 0.1) is 38.7 Å². The Kier molecular flexibility index (Phi) is 9.29. The molecule has 0 saturated carbocycles. The molecule has 0 heterocycles. The molecule has 0 atom stereocenters. The zero-order valence-electron chi connectivity index (χ0n) is 22.5. The van der Waals surface area contributed by atoms with E-state index in [2.05, 4.69) is 10.5 Å². The second-order valence-corrected chi connectivity index (χ2v) is 8.32. The van der Waals surface area contributed by atoms with Crippen molar-refractivity contribution in [2.45, 2.75) is 0 Å². The van der Waals surface area contributed by atoms with Crippen LogP contribution >= 0.6 is 0 Å². The second kappa shape index (κ2) is 13.4. The maximum Gasteiger partial charge on any atom is 0.343 e. The van der Waals surface area contributed by atoms with Crippen molar-refractivity contribution in [2.75, 3.05) is 21.3 Å². The number of methoxy groups -OCH3 is 3. The maximum atomic E-state index is 12.8. The Morgan fingerprint density at radius 1 is 0.634 bits per heavy atom. The van der Waals surface area contributed by atoms with Gasteiger partial charge in [-0.05, 0) is 48.5 Å². The van der Waals surface area contributed by atoms with Gasteiger partial charge in [0, 0.05) is 17.2 Å². The molecule has 0 aliphatic heterocycles. The molecule has 4 rings (SSSR count). The molecule has 0 saturated heterocycles. The molecule has 0 fully saturated rings. The number of benzene rings is 4. The van der Waals surface area contributed by atoms with Gasteiger partial charge < -0.3 is 23.7 Å². The van der Waals surface area contributed by atoms with Gasteiger partial charge in [-0.25, -0.2) is 15.0 Å². The minimum atomic E-state index is -0.631. The van der Waals surface area contributed by atoms with Crippen molar-refractivity contribution in [3.63, 3.8) is 0 Å². The molecule has 0 unspecified atom stereocenters. The normalized spacial score (nSPS) is 10.5. The van der Waals surface area contributed by atoms with Gasteiger partial charge in [0.25, 0.3) is 5.91 Å². The van der Waals surface area contributed by atoms with E-state index in [-0.39, 0.29) is 17.1 Å². The Hall–Kier alpha value is -5.64. The molecule has 0 aliphatic rings. The highest BCUT2D eigenvalue weighted by Crippen LogP contribution is 2.38. The SMILES string of the molecule is COc1cc(C(=O)NN=Cc2ccc(OC(=O)c3ccccc3)cc2OC(=O)c2ccccc2)cc(OC)c1OC. The summed E-state index contributed by atoms with van der Waals surface area (Å²) in [5, 5.41) is 4.01. The van der Waals surface area contributed by atoms with E-state index in [1.54, 1.807) is 60.7 Å². The Balaban J connectivity index is 1.57. The minimum absolute atomic E-state index is 0.0583. The highest BCUT2D eigenvalue weighted by molar-refractivity contribution is 5.97. The number of rotatable bonds is 10. The van der Waals surface area contributed by atoms with E-state index in [1.807, 2.05) is 0 Å². The third-order valence-electron chi connectivity index (χ3n) is 5.71. The third kappa shape index (κ3) is 7.07. The molecule has 208 valence electrons. The molecule has 0 radical (unpaired) electrons.